The zero-order chi connectivity index (χ0) is 13.4. The molecular weight excluding hydrogens is 264 g/mol. The van der Waals surface area contributed by atoms with E-state index in [1.54, 1.807) is 18.3 Å². The normalized spacial score (nSPS) is 10.8. The van der Waals surface area contributed by atoms with Crippen molar-refractivity contribution in [1.29, 1.82) is 0 Å². The molecule has 94 valence electrons. The van der Waals surface area contributed by atoms with Crippen molar-refractivity contribution in [2.75, 3.05) is 0 Å². The number of H-pyrrole nitrogens is 1. The summed E-state index contributed by atoms with van der Waals surface area (Å²) < 4.78 is 0. The van der Waals surface area contributed by atoms with Gasteiger partial charge in [-0.25, -0.2) is 4.79 Å². The van der Waals surface area contributed by atoms with Gasteiger partial charge >= 0.3 is 5.97 Å². The van der Waals surface area contributed by atoms with E-state index in [-0.39, 0.29) is 5.56 Å². The molecule has 3 aromatic rings. The molecule has 0 saturated heterocycles. The van der Waals surface area contributed by atoms with Gasteiger partial charge in [-0.3, -0.25) is 4.98 Å². The maximum atomic E-state index is 11.0. The summed E-state index contributed by atoms with van der Waals surface area (Å²) in [7, 11) is 0. The fraction of sp³-hybridized carbons (Fsp3) is 0. The van der Waals surface area contributed by atoms with Gasteiger partial charge in [0, 0.05) is 33.9 Å². The largest absolute Gasteiger partial charge is 0.478 e. The van der Waals surface area contributed by atoms with Crippen LogP contribution in [0, 0.1) is 0 Å². The summed E-state index contributed by atoms with van der Waals surface area (Å²) in [5.41, 5.74) is 2.58. The van der Waals surface area contributed by atoms with Crippen LogP contribution >= 0.6 is 11.6 Å². The fourth-order valence-electron chi connectivity index (χ4n) is 2.02. The minimum absolute atomic E-state index is 0.216. The van der Waals surface area contributed by atoms with E-state index in [0.717, 1.165) is 16.5 Å². The molecule has 0 saturated carbocycles. The zero-order valence-corrected chi connectivity index (χ0v) is 10.5. The van der Waals surface area contributed by atoms with Crippen LogP contribution in [-0.4, -0.2) is 21.0 Å². The minimum Gasteiger partial charge on any atom is -0.478 e. The molecule has 5 heteroatoms. The Labute approximate surface area is 113 Å². The topological polar surface area (TPSA) is 66.0 Å². The highest BCUT2D eigenvalue weighted by Gasteiger charge is 2.10. The first-order valence-electron chi connectivity index (χ1n) is 5.61. The molecule has 0 spiro atoms. The lowest BCUT2D eigenvalue weighted by atomic mass is 10.1. The summed E-state index contributed by atoms with van der Waals surface area (Å²) in [5, 5.41) is 10.6. The Kier molecular flexibility index (Phi) is 2.72. The molecule has 0 unspecified atom stereocenters. The summed E-state index contributed by atoms with van der Waals surface area (Å²) in [6, 6.07) is 8.53. The third-order valence-corrected chi connectivity index (χ3v) is 3.16. The number of fused-ring (bicyclic) bond motifs is 1. The number of halogens is 1. The molecule has 1 aromatic carbocycles. The van der Waals surface area contributed by atoms with Gasteiger partial charge in [-0.1, -0.05) is 17.7 Å². The molecule has 2 heterocycles. The van der Waals surface area contributed by atoms with Crippen molar-refractivity contribution in [1.82, 2.24) is 9.97 Å². The van der Waals surface area contributed by atoms with Gasteiger partial charge < -0.3 is 10.1 Å². The Hall–Kier alpha value is -2.33. The monoisotopic (exact) mass is 272 g/mol. The average Bonchev–Trinajstić information content (AvgIpc) is 2.81. The van der Waals surface area contributed by atoms with Crippen molar-refractivity contribution in [2.45, 2.75) is 0 Å². The molecule has 2 N–H and O–H groups in total. The molecule has 3 rings (SSSR count). The van der Waals surface area contributed by atoms with E-state index in [2.05, 4.69) is 9.97 Å². The summed E-state index contributed by atoms with van der Waals surface area (Å²) in [6.07, 6.45) is 3.29. The Morgan fingerprint density at radius 1 is 1.26 bits per heavy atom. The molecule has 0 fully saturated rings. The number of pyridine rings is 1. The van der Waals surface area contributed by atoms with E-state index in [0.29, 0.717) is 10.7 Å². The van der Waals surface area contributed by atoms with Crippen LogP contribution < -0.4 is 0 Å². The molecule has 19 heavy (non-hydrogen) atoms. The van der Waals surface area contributed by atoms with Crippen LogP contribution in [0.25, 0.3) is 22.2 Å². The van der Waals surface area contributed by atoms with Crippen LogP contribution in [0.2, 0.25) is 5.02 Å². The van der Waals surface area contributed by atoms with Gasteiger partial charge in [-0.05, 0) is 24.3 Å². The number of nitrogens with zero attached hydrogens (tertiary/aromatic N) is 1. The van der Waals surface area contributed by atoms with Crippen LogP contribution in [0.1, 0.15) is 10.4 Å². The highest BCUT2D eigenvalue weighted by Crippen LogP contribution is 2.29. The number of carboxylic acids is 1. The second-order valence-electron chi connectivity index (χ2n) is 4.13. The lowest BCUT2D eigenvalue weighted by molar-refractivity contribution is 0.0697. The Morgan fingerprint density at radius 3 is 2.89 bits per heavy atom. The smallest absolute Gasteiger partial charge is 0.335 e. The second kappa shape index (κ2) is 4.40. The highest BCUT2D eigenvalue weighted by atomic mass is 35.5. The van der Waals surface area contributed by atoms with Gasteiger partial charge in [0.15, 0.2) is 0 Å². The van der Waals surface area contributed by atoms with Gasteiger partial charge in [0.1, 0.15) is 0 Å². The number of benzene rings is 1. The van der Waals surface area contributed by atoms with E-state index in [1.165, 1.54) is 12.3 Å². The molecule has 2 aromatic heterocycles. The number of hydrogen-bond acceptors (Lipinski definition) is 2. The van der Waals surface area contributed by atoms with Crippen molar-refractivity contribution >= 4 is 28.5 Å². The van der Waals surface area contributed by atoms with Gasteiger partial charge in [-0.15, -0.1) is 0 Å². The van der Waals surface area contributed by atoms with Gasteiger partial charge in [0.2, 0.25) is 0 Å². The molecule has 0 atom stereocenters. The summed E-state index contributed by atoms with van der Waals surface area (Å²) in [4.78, 5) is 18.3. The number of aromatic amines is 1. The predicted molar refractivity (Wildman–Crippen MR) is 73.5 cm³/mol. The summed E-state index contributed by atoms with van der Waals surface area (Å²) in [5.74, 6) is -0.966. The fourth-order valence-corrected chi connectivity index (χ4v) is 2.19. The Bertz CT molecular complexity index is 780. The highest BCUT2D eigenvalue weighted by molar-refractivity contribution is 6.31. The van der Waals surface area contributed by atoms with Crippen molar-refractivity contribution in [3.05, 3.63) is 53.3 Å². The minimum atomic E-state index is -0.966. The number of aromatic nitrogens is 2. The lowest BCUT2D eigenvalue weighted by Crippen LogP contribution is -1.96. The van der Waals surface area contributed by atoms with Crippen LogP contribution in [0.5, 0.6) is 0 Å². The molecule has 4 nitrogen and oxygen atoms in total. The van der Waals surface area contributed by atoms with E-state index in [1.807, 2.05) is 12.1 Å². The first kappa shape index (κ1) is 11.7. The third kappa shape index (κ3) is 2.06. The number of carboxylic acid groups (broad SMARTS) is 1. The Morgan fingerprint density at radius 2 is 2.11 bits per heavy atom. The first-order valence-corrected chi connectivity index (χ1v) is 5.99. The third-order valence-electron chi connectivity index (χ3n) is 2.93. The number of hydrogen-bond donors (Lipinski definition) is 2. The number of rotatable bonds is 2. The maximum absolute atomic E-state index is 11.0. The van der Waals surface area contributed by atoms with Crippen LogP contribution in [0.3, 0.4) is 0 Å². The molecule has 0 aliphatic heterocycles. The molecule has 0 aliphatic carbocycles. The summed E-state index contributed by atoms with van der Waals surface area (Å²) in [6.45, 7) is 0. The van der Waals surface area contributed by atoms with Gasteiger partial charge in [-0.2, -0.15) is 0 Å². The second-order valence-corrected chi connectivity index (χ2v) is 4.56. The lowest BCUT2D eigenvalue weighted by Gasteiger charge is -2.00. The van der Waals surface area contributed by atoms with E-state index in [4.69, 9.17) is 16.7 Å². The number of aromatic carboxylic acids is 1. The van der Waals surface area contributed by atoms with E-state index >= 15 is 0 Å². The van der Waals surface area contributed by atoms with Crippen molar-refractivity contribution in [3.63, 3.8) is 0 Å². The average molecular weight is 273 g/mol. The van der Waals surface area contributed by atoms with Crippen LogP contribution in [0.4, 0.5) is 0 Å². The van der Waals surface area contributed by atoms with Crippen LogP contribution in [0.15, 0.2) is 42.7 Å². The van der Waals surface area contributed by atoms with E-state index in [9.17, 15) is 4.79 Å². The predicted octanol–water partition coefficient (Wildman–Crippen LogP) is 3.58. The quantitative estimate of drug-likeness (QED) is 0.749. The van der Waals surface area contributed by atoms with Crippen LogP contribution in [-0.2, 0) is 0 Å². The number of carbonyl (C=O) groups is 1. The van der Waals surface area contributed by atoms with Crippen molar-refractivity contribution in [3.8, 4) is 11.3 Å². The maximum Gasteiger partial charge on any atom is 0.335 e. The van der Waals surface area contributed by atoms with Crippen molar-refractivity contribution in [2.24, 2.45) is 0 Å². The van der Waals surface area contributed by atoms with Crippen molar-refractivity contribution < 1.29 is 9.90 Å². The van der Waals surface area contributed by atoms with Gasteiger partial charge in [0.05, 0.1) is 11.3 Å². The first-order chi connectivity index (χ1) is 9.15. The molecule has 0 bridgehead atoms. The molecular formula is C14H9ClN2O2. The summed E-state index contributed by atoms with van der Waals surface area (Å²) >= 11 is 5.93. The number of nitrogens with one attached hydrogen (secondary N) is 1. The zero-order valence-electron chi connectivity index (χ0n) is 9.72. The molecule has 0 amide bonds. The Balaban J connectivity index is 2.19. The van der Waals surface area contributed by atoms with E-state index < -0.39 is 5.97 Å². The molecule has 0 aliphatic rings. The van der Waals surface area contributed by atoms with Gasteiger partial charge in [0.25, 0.3) is 0 Å². The SMILES string of the molecule is O=C(O)c1ccnc(-c2c[nH]c3cc(Cl)ccc23)c1. The molecule has 0 radical (unpaired) electrons. The standard InChI is InChI=1S/C14H9ClN2O2/c15-9-1-2-10-11(7-17-13(10)6-9)12-5-8(14(18)19)3-4-16-12/h1-7,17H,(H,18,19).